The molecule has 1 fully saturated rings. The quantitative estimate of drug-likeness (QED) is 0.847. The third-order valence-corrected chi connectivity index (χ3v) is 4.40. The number of piperazine rings is 1. The standard InChI is InChI=1S/C17H30N4O/c1-14(2)20-11-8-19(9-12-20)10-13-21-16(22)7-6-15(18-21)17(3,4)5/h6-7,14H,8-13H2,1-5H3. The molecule has 0 N–H and O–H groups in total. The first kappa shape index (κ1) is 17.2. The van der Waals surface area contributed by atoms with E-state index in [0.29, 0.717) is 12.6 Å². The Bertz CT molecular complexity index is 536. The maximum atomic E-state index is 12.0. The molecule has 0 bridgehead atoms. The van der Waals surface area contributed by atoms with Crippen molar-refractivity contribution in [2.45, 2.75) is 52.6 Å². The monoisotopic (exact) mass is 306 g/mol. The summed E-state index contributed by atoms with van der Waals surface area (Å²) in [6.45, 7) is 16.8. The molecule has 5 heteroatoms. The maximum absolute atomic E-state index is 12.0. The Morgan fingerprint density at radius 2 is 1.73 bits per heavy atom. The largest absolute Gasteiger partial charge is 0.299 e. The number of rotatable bonds is 4. The second kappa shape index (κ2) is 6.92. The Labute approximate surface area is 133 Å². The van der Waals surface area contributed by atoms with Gasteiger partial charge in [-0.25, -0.2) is 4.68 Å². The van der Waals surface area contributed by atoms with E-state index in [4.69, 9.17) is 0 Å². The molecule has 1 aliphatic heterocycles. The Balaban J connectivity index is 1.94. The molecule has 2 rings (SSSR count). The second-order valence-electron chi connectivity index (χ2n) is 7.50. The Morgan fingerprint density at radius 1 is 1.09 bits per heavy atom. The van der Waals surface area contributed by atoms with Crippen molar-refractivity contribution in [2.75, 3.05) is 32.7 Å². The molecule has 124 valence electrons. The molecule has 1 saturated heterocycles. The van der Waals surface area contributed by atoms with Gasteiger partial charge in [0.15, 0.2) is 0 Å². The van der Waals surface area contributed by atoms with Crippen LogP contribution in [-0.2, 0) is 12.0 Å². The van der Waals surface area contributed by atoms with Crippen LogP contribution in [0.3, 0.4) is 0 Å². The van der Waals surface area contributed by atoms with Crippen molar-refractivity contribution in [2.24, 2.45) is 0 Å². The lowest BCUT2D eigenvalue weighted by Gasteiger charge is -2.36. The minimum absolute atomic E-state index is 0.00573. The van der Waals surface area contributed by atoms with E-state index in [1.807, 2.05) is 6.07 Å². The molecule has 0 amide bonds. The lowest BCUT2D eigenvalue weighted by Crippen LogP contribution is -2.49. The molecule has 0 atom stereocenters. The minimum Gasteiger partial charge on any atom is -0.299 e. The first-order valence-corrected chi connectivity index (χ1v) is 8.32. The molecule has 1 aliphatic rings. The van der Waals surface area contributed by atoms with E-state index < -0.39 is 0 Å². The van der Waals surface area contributed by atoms with Gasteiger partial charge in [0, 0.05) is 50.2 Å². The van der Waals surface area contributed by atoms with Crippen molar-refractivity contribution >= 4 is 0 Å². The molecule has 1 aromatic heterocycles. The van der Waals surface area contributed by atoms with Crippen LogP contribution < -0.4 is 5.56 Å². The normalized spacial score (nSPS) is 18.1. The summed E-state index contributed by atoms with van der Waals surface area (Å²) in [6.07, 6.45) is 0. The van der Waals surface area contributed by atoms with Crippen molar-refractivity contribution in [1.82, 2.24) is 19.6 Å². The Morgan fingerprint density at radius 3 is 2.27 bits per heavy atom. The van der Waals surface area contributed by atoms with Crippen molar-refractivity contribution < 1.29 is 0 Å². The zero-order valence-corrected chi connectivity index (χ0v) is 14.7. The van der Waals surface area contributed by atoms with E-state index in [0.717, 1.165) is 38.4 Å². The van der Waals surface area contributed by atoms with Gasteiger partial charge in [-0.05, 0) is 19.9 Å². The number of nitrogens with zero attached hydrogens (tertiary/aromatic N) is 4. The van der Waals surface area contributed by atoms with Crippen LogP contribution in [0.2, 0.25) is 0 Å². The molecule has 1 aromatic rings. The maximum Gasteiger partial charge on any atom is 0.266 e. The van der Waals surface area contributed by atoms with Gasteiger partial charge in [-0.1, -0.05) is 20.8 Å². The first-order chi connectivity index (χ1) is 10.3. The number of hydrogen-bond donors (Lipinski definition) is 0. The number of aromatic nitrogens is 2. The van der Waals surface area contributed by atoms with Gasteiger partial charge in [-0.2, -0.15) is 5.10 Å². The third kappa shape index (κ3) is 4.40. The zero-order chi connectivity index (χ0) is 16.3. The van der Waals surface area contributed by atoms with Crippen molar-refractivity contribution in [3.63, 3.8) is 0 Å². The summed E-state index contributed by atoms with van der Waals surface area (Å²) in [5.74, 6) is 0. The van der Waals surface area contributed by atoms with E-state index in [1.54, 1.807) is 10.7 Å². The molecule has 2 heterocycles. The van der Waals surface area contributed by atoms with E-state index >= 15 is 0 Å². The average molecular weight is 306 g/mol. The van der Waals surface area contributed by atoms with E-state index in [1.165, 1.54) is 0 Å². The van der Waals surface area contributed by atoms with E-state index in [-0.39, 0.29) is 11.0 Å². The smallest absolute Gasteiger partial charge is 0.266 e. The van der Waals surface area contributed by atoms with Crippen LogP contribution in [0.1, 0.15) is 40.3 Å². The summed E-state index contributed by atoms with van der Waals surface area (Å²) in [5, 5.41) is 4.54. The van der Waals surface area contributed by atoms with Gasteiger partial charge in [-0.3, -0.25) is 14.6 Å². The molecular weight excluding hydrogens is 276 g/mol. The van der Waals surface area contributed by atoms with Crippen molar-refractivity contribution in [1.29, 1.82) is 0 Å². The fraction of sp³-hybridized carbons (Fsp3) is 0.765. The average Bonchev–Trinajstić information content (AvgIpc) is 2.45. The van der Waals surface area contributed by atoms with Crippen LogP contribution in [0.15, 0.2) is 16.9 Å². The molecule has 22 heavy (non-hydrogen) atoms. The van der Waals surface area contributed by atoms with Crippen molar-refractivity contribution in [3.05, 3.63) is 28.2 Å². The summed E-state index contributed by atoms with van der Waals surface area (Å²) in [7, 11) is 0. The van der Waals surface area contributed by atoms with Crippen LogP contribution in [0.4, 0.5) is 0 Å². The van der Waals surface area contributed by atoms with Gasteiger partial charge in [0.2, 0.25) is 0 Å². The van der Waals surface area contributed by atoms with Crippen molar-refractivity contribution in [3.8, 4) is 0 Å². The van der Waals surface area contributed by atoms with Crippen LogP contribution in [0.5, 0.6) is 0 Å². The molecule has 5 nitrogen and oxygen atoms in total. The summed E-state index contributed by atoms with van der Waals surface area (Å²) in [6, 6.07) is 4.11. The summed E-state index contributed by atoms with van der Waals surface area (Å²) >= 11 is 0. The minimum atomic E-state index is -0.0294. The molecular formula is C17H30N4O. The highest BCUT2D eigenvalue weighted by atomic mass is 16.1. The lowest BCUT2D eigenvalue weighted by atomic mass is 9.92. The summed E-state index contributed by atoms with van der Waals surface area (Å²) in [5.41, 5.74) is 0.934. The van der Waals surface area contributed by atoms with Gasteiger partial charge in [0.05, 0.1) is 12.2 Å². The highest BCUT2D eigenvalue weighted by Gasteiger charge is 2.19. The van der Waals surface area contributed by atoms with Gasteiger partial charge >= 0.3 is 0 Å². The van der Waals surface area contributed by atoms with Crippen LogP contribution in [0, 0.1) is 0 Å². The summed E-state index contributed by atoms with van der Waals surface area (Å²) in [4.78, 5) is 16.9. The highest BCUT2D eigenvalue weighted by molar-refractivity contribution is 5.10. The van der Waals surface area contributed by atoms with Gasteiger partial charge < -0.3 is 0 Å². The van der Waals surface area contributed by atoms with Gasteiger partial charge in [-0.15, -0.1) is 0 Å². The predicted octanol–water partition coefficient (Wildman–Crippen LogP) is 1.57. The number of hydrogen-bond acceptors (Lipinski definition) is 4. The van der Waals surface area contributed by atoms with Crippen LogP contribution in [0.25, 0.3) is 0 Å². The lowest BCUT2D eigenvalue weighted by molar-refractivity contribution is 0.105. The molecule has 0 saturated carbocycles. The Kier molecular flexibility index (Phi) is 5.40. The van der Waals surface area contributed by atoms with Crippen LogP contribution >= 0.6 is 0 Å². The van der Waals surface area contributed by atoms with Crippen LogP contribution in [-0.4, -0.2) is 58.3 Å². The van der Waals surface area contributed by atoms with E-state index in [2.05, 4.69) is 49.5 Å². The highest BCUT2D eigenvalue weighted by Crippen LogP contribution is 2.18. The SMILES string of the molecule is CC(C)N1CCN(CCn2nc(C(C)(C)C)ccc2=O)CC1. The Hall–Kier alpha value is -1.20. The van der Waals surface area contributed by atoms with Gasteiger partial charge in [0.25, 0.3) is 5.56 Å². The molecule has 0 aliphatic carbocycles. The molecule has 0 aromatic carbocycles. The molecule has 0 unspecified atom stereocenters. The third-order valence-electron chi connectivity index (χ3n) is 4.40. The predicted molar refractivity (Wildman–Crippen MR) is 90.3 cm³/mol. The van der Waals surface area contributed by atoms with E-state index in [9.17, 15) is 4.79 Å². The molecule has 0 radical (unpaired) electrons. The van der Waals surface area contributed by atoms with Gasteiger partial charge in [0.1, 0.15) is 0 Å². The topological polar surface area (TPSA) is 41.4 Å². The first-order valence-electron chi connectivity index (χ1n) is 8.32. The second-order valence-corrected chi connectivity index (χ2v) is 7.50. The summed E-state index contributed by atoms with van der Waals surface area (Å²) < 4.78 is 1.62. The fourth-order valence-electron chi connectivity index (χ4n) is 2.75. The fourth-order valence-corrected chi connectivity index (χ4v) is 2.75. The molecule has 0 spiro atoms. The zero-order valence-electron chi connectivity index (χ0n) is 14.7.